The minimum atomic E-state index is -0.382. The minimum absolute atomic E-state index is 0.0270. The summed E-state index contributed by atoms with van der Waals surface area (Å²) in [6.07, 6.45) is 4.82. The van der Waals surface area contributed by atoms with Crippen LogP contribution in [-0.4, -0.2) is 22.8 Å². The van der Waals surface area contributed by atoms with Gasteiger partial charge in [0, 0.05) is 23.3 Å². The summed E-state index contributed by atoms with van der Waals surface area (Å²) in [5, 5.41) is 10.6. The number of carbonyl (C=O) groups excluding carboxylic acids is 2. The van der Waals surface area contributed by atoms with Crippen molar-refractivity contribution in [2.24, 2.45) is 22.7 Å². The van der Waals surface area contributed by atoms with E-state index in [9.17, 15) is 14.7 Å². The molecule has 3 aliphatic rings. The van der Waals surface area contributed by atoms with E-state index in [-0.39, 0.29) is 28.1 Å². The van der Waals surface area contributed by atoms with E-state index < -0.39 is 0 Å². The van der Waals surface area contributed by atoms with E-state index in [1.807, 2.05) is 6.92 Å². The highest BCUT2D eigenvalue weighted by molar-refractivity contribution is 5.86. The SMILES string of the molecule is Cc1cc(O)c2c(c1C=O)O[C@@]1(C)CC[C@H]3C(C)(C)C(=O)CC[C@]3(C)[C@H]1C2. The van der Waals surface area contributed by atoms with Crippen molar-refractivity contribution in [3.63, 3.8) is 0 Å². The average Bonchev–Trinajstić information content (AvgIpc) is 2.57. The smallest absolute Gasteiger partial charge is 0.154 e. The number of aryl methyl sites for hydroxylation is 1. The first-order valence-corrected chi connectivity index (χ1v) is 10.1. The number of rotatable bonds is 1. The molecule has 146 valence electrons. The van der Waals surface area contributed by atoms with Gasteiger partial charge in [0.2, 0.25) is 0 Å². The van der Waals surface area contributed by atoms with E-state index >= 15 is 0 Å². The summed E-state index contributed by atoms with van der Waals surface area (Å²) < 4.78 is 6.54. The highest BCUT2D eigenvalue weighted by Crippen LogP contribution is 2.64. The van der Waals surface area contributed by atoms with E-state index in [1.54, 1.807) is 6.07 Å². The first-order valence-electron chi connectivity index (χ1n) is 10.1. The first kappa shape index (κ1) is 18.5. The Balaban J connectivity index is 1.84. The lowest BCUT2D eigenvalue weighted by atomic mass is 9.44. The zero-order valence-corrected chi connectivity index (χ0v) is 17.0. The topological polar surface area (TPSA) is 63.6 Å². The number of fused-ring (bicyclic) bond motifs is 4. The maximum absolute atomic E-state index is 12.6. The fourth-order valence-corrected chi connectivity index (χ4v) is 6.60. The highest BCUT2D eigenvalue weighted by atomic mass is 16.5. The molecule has 0 radical (unpaired) electrons. The number of hydrogen-bond acceptors (Lipinski definition) is 4. The van der Waals surface area contributed by atoms with E-state index in [0.717, 1.165) is 36.7 Å². The molecular weight excluding hydrogens is 340 g/mol. The van der Waals surface area contributed by atoms with Crippen molar-refractivity contribution < 1.29 is 19.4 Å². The number of hydrogen-bond donors (Lipinski definition) is 1. The second kappa shape index (κ2) is 5.59. The van der Waals surface area contributed by atoms with Crippen LogP contribution in [0.3, 0.4) is 0 Å². The molecule has 4 heteroatoms. The molecule has 2 aliphatic carbocycles. The third-order valence-corrected chi connectivity index (χ3v) is 8.21. The normalized spacial score (nSPS) is 36.9. The number of carbonyl (C=O) groups is 2. The zero-order valence-electron chi connectivity index (χ0n) is 17.0. The number of Topliss-reactive ketones (excluding diaryl/α,β-unsaturated/α-hetero) is 1. The van der Waals surface area contributed by atoms with E-state index in [4.69, 9.17) is 4.74 Å². The van der Waals surface area contributed by atoms with Crippen LogP contribution in [-0.2, 0) is 11.2 Å². The molecule has 0 unspecified atom stereocenters. The van der Waals surface area contributed by atoms with Crippen molar-refractivity contribution in [1.82, 2.24) is 0 Å². The Bertz CT molecular complexity index is 839. The molecule has 2 fully saturated rings. The monoisotopic (exact) mass is 370 g/mol. The van der Waals surface area contributed by atoms with Gasteiger partial charge in [-0.2, -0.15) is 0 Å². The molecule has 1 aromatic rings. The van der Waals surface area contributed by atoms with Gasteiger partial charge < -0.3 is 9.84 Å². The van der Waals surface area contributed by atoms with Gasteiger partial charge in [-0.15, -0.1) is 0 Å². The van der Waals surface area contributed by atoms with Crippen LogP contribution in [0.5, 0.6) is 11.5 Å². The van der Waals surface area contributed by atoms with Crippen molar-refractivity contribution >= 4 is 12.1 Å². The number of ketones is 1. The molecule has 0 aromatic heterocycles. The van der Waals surface area contributed by atoms with Crippen molar-refractivity contribution in [3.8, 4) is 11.5 Å². The lowest BCUT2D eigenvalue weighted by Gasteiger charge is -2.62. The standard InChI is InChI=1S/C23H30O4/c1-13-10-16(25)14-11-18-22(4)8-7-19(26)21(2,3)17(22)6-9-23(18,5)27-20(14)15(13)12-24/h10,12,17-18,25H,6-9,11H2,1-5H3/t17-,18+,22-,23-/m0/s1. The molecule has 1 heterocycles. The van der Waals surface area contributed by atoms with Crippen molar-refractivity contribution in [2.45, 2.75) is 72.3 Å². The largest absolute Gasteiger partial charge is 0.508 e. The molecule has 0 amide bonds. The molecule has 4 rings (SSSR count). The van der Waals surface area contributed by atoms with Crippen LogP contribution >= 0.6 is 0 Å². The second-order valence-electron chi connectivity index (χ2n) is 9.97. The van der Waals surface area contributed by atoms with E-state index in [1.165, 1.54) is 0 Å². The number of benzene rings is 1. The van der Waals surface area contributed by atoms with Crippen molar-refractivity contribution in [1.29, 1.82) is 0 Å². The molecule has 1 N–H and O–H groups in total. The Labute approximate surface area is 161 Å². The lowest BCUT2D eigenvalue weighted by molar-refractivity contribution is -0.173. The Hall–Kier alpha value is -1.84. The van der Waals surface area contributed by atoms with Crippen LogP contribution in [0.2, 0.25) is 0 Å². The molecular formula is C23H30O4. The van der Waals surface area contributed by atoms with Gasteiger partial charge in [0.1, 0.15) is 22.9 Å². The Morgan fingerprint density at radius 3 is 2.56 bits per heavy atom. The van der Waals surface area contributed by atoms with Crippen LogP contribution in [0, 0.1) is 29.6 Å². The molecule has 27 heavy (non-hydrogen) atoms. The molecule has 0 saturated heterocycles. The van der Waals surface area contributed by atoms with E-state index in [0.29, 0.717) is 35.9 Å². The van der Waals surface area contributed by atoms with Crippen molar-refractivity contribution in [2.75, 3.05) is 0 Å². The number of aldehydes is 1. The highest BCUT2D eigenvalue weighted by Gasteiger charge is 2.62. The first-order chi connectivity index (χ1) is 12.5. The fraction of sp³-hybridized carbons (Fsp3) is 0.652. The summed E-state index contributed by atoms with van der Waals surface area (Å²) in [6, 6.07) is 1.67. The quantitative estimate of drug-likeness (QED) is 0.732. The van der Waals surface area contributed by atoms with Crippen LogP contribution < -0.4 is 4.74 Å². The van der Waals surface area contributed by atoms with Gasteiger partial charge in [-0.05, 0) is 62.5 Å². The summed E-state index contributed by atoms with van der Waals surface area (Å²) >= 11 is 0. The number of aromatic hydroxyl groups is 1. The molecule has 2 saturated carbocycles. The summed E-state index contributed by atoms with van der Waals surface area (Å²) in [4.78, 5) is 24.3. The van der Waals surface area contributed by atoms with Gasteiger partial charge in [0.15, 0.2) is 6.29 Å². The third-order valence-electron chi connectivity index (χ3n) is 8.21. The van der Waals surface area contributed by atoms with Gasteiger partial charge in [-0.1, -0.05) is 20.8 Å². The Morgan fingerprint density at radius 1 is 1.19 bits per heavy atom. The predicted octanol–water partition coefficient (Wildman–Crippen LogP) is 4.63. The summed E-state index contributed by atoms with van der Waals surface area (Å²) in [6.45, 7) is 10.5. The number of ether oxygens (including phenoxy) is 1. The lowest BCUT2D eigenvalue weighted by Crippen LogP contribution is -2.63. The van der Waals surface area contributed by atoms with Crippen molar-refractivity contribution in [3.05, 3.63) is 22.8 Å². The minimum Gasteiger partial charge on any atom is -0.508 e. The average molecular weight is 370 g/mol. The van der Waals surface area contributed by atoms with Gasteiger partial charge in [0.25, 0.3) is 0 Å². The van der Waals surface area contributed by atoms with Crippen LogP contribution in [0.1, 0.15) is 74.9 Å². The van der Waals surface area contributed by atoms with Crippen LogP contribution in [0.25, 0.3) is 0 Å². The van der Waals surface area contributed by atoms with Crippen LogP contribution in [0.4, 0.5) is 0 Å². The number of phenols is 1. The third kappa shape index (κ3) is 2.34. The van der Waals surface area contributed by atoms with Gasteiger partial charge >= 0.3 is 0 Å². The van der Waals surface area contributed by atoms with Crippen LogP contribution in [0.15, 0.2) is 6.07 Å². The molecule has 1 aromatic carbocycles. The van der Waals surface area contributed by atoms with Gasteiger partial charge in [-0.25, -0.2) is 0 Å². The maximum atomic E-state index is 12.6. The molecule has 0 spiro atoms. The summed E-state index contributed by atoms with van der Waals surface area (Å²) in [5.74, 6) is 1.67. The molecule has 4 nitrogen and oxygen atoms in total. The fourth-order valence-electron chi connectivity index (χ4n) is 6.60. The maximum Gasteiger partial charge on any atom is 0.154 e. The van der Waals surface area contributed by atoms with Gasteiger partial charge in [0.05, 0.1) is 5.56 Å². The predicted molar refractivity (Wildman–Crippen MR) is 103 cm³/mol. The molecule has 4 atom stereocenters. The van der Waals surface area contributed by atoms with Gasteiger partial charge in [-0.3, -0.25) is 9.59 Å². The number of phenolic OH excluding ortho intramolecular Hbond substituents is 1. The summed E-state index contributed by atoms with van der Waals surface area (Å²) in [7, 11) is 0. The Kier molecular flexibility index (Phi) is 3.83. The molecule has 1 aliphatic heterocycles. The second-order valence-corrected chi connectivity index (χ2v) is 9.97. The molecule has 0 bridgehead atoms. The summed E-state index contributed by atoms with van der Waals surface area (Å²) in [5.41, 5.74) is 1.31. The Morgan fingerprint density at radius 2 is 1.89 bits per heavy atom. The van der Waals surface area contributed by atoms with E-state index in [2.05, 4.69) is 27.7 Å². The zero-order chi connectivity index (χ0) is 19.8.